The van der Waals surface area contributed by atoms with Gasteiger partial charge in [-0.25, -0.2) is 9.37 Å². The number of nitrogens with two attached hydrogens (primary N) is 1. The van der Waals surface area contributed by atoms with E-state index in [0.29, 0.717) is 18.1 Å². The van der Waals surface area contributed by atoms with Crippen LogP contribution in [0.1, 0.15) is 47.2 Å². The van der Waals surface area contributed by atoms with Gasteiger partial charge >= 0.3 is 0 Å². The highest BCUT2D eigenvalue weighted by Gasteiger charge is 2.44. The number of nitrogens with one attached hydrogen (secondary N) is 1. The van der Waals surface area contributed by atoms with E-state index >= 15 is 4.39 Å². The van der Waals surface area contributed by atoms with Crippen molar-refractivity contribution in [3.05, 3.63) is 46.8 Å². The van der Waals surface area contributed by atoms with Crippen molar-refractivity contribution in [1.29, 1.82) is 0 Å². The summed E-state index contributed by atoms with van der Waals surface area (Å²) in [6.07, 6.45) is 2.67. The van der Waals surface area contributed by atoms with Gasteiger partial charge in [-0.2, -0.15) is 0 Å². The molecule has 1 aromatic carbocycles. The van der Waals surface area contributed by atoms with Gasteiger partial charge < -0.3 is 15.4 Å². The van der Waals surface area contributed by atoms with Gasteiger partial charge in [-0.15, -0.1) is 0 Å². The molecule has 1 aromatic heterocycles. The Kier molecular flexibility index (Phi) is 5.53. The number of rotatable bonds is 4. The standard InChI is InChI=1S/C26H28FN5O4/c27-22-17(4-3-16-18(22)11-32(25(16)35)20-6-7-21(33)30-24(20)34)19-5-2-15(23(28)29-19)10-31-12-26(13-31)8-1-9-36-14-26/h2-5,20H,1,6-14H2,(H2,28,29)(H,30,33,34). The number of pyridine rings is 1. The summed E-state index contributed by atoms with van der Waals surface area (Å²) in [4.78, 5) is 44.8. The zero-order chi connectivity index (χ0) is 25.0. The van der Waals surface area contributed by atoms with Gasteiger partial charge in [0, 0.05) is 60.3 Å². The first kappa shape index (κ1) is 23.1. The van der Waals surface area contributed by atoms with Crippen molar-refractivity contribution in [3.8, 4) is 11.3 Å². The first-order valence-electron chi connectivity index (χ1n) is 12.4. The van der Waals surface area contributed by atoms with Gasteiger partial charge in [0.05, 0.1) is 18.8 Å². The van der Waals surface area contributed by atoms with E-state index in [-0.39, 0.29) is 47.4 Å². The molecule has 3 N–H and O–H groups in total. The van der Waals surface area contributed by atoms with Crippen LogP contribution in [0, 0.1) is 11.2 Å². The average Bonchev–Trinajstić information content (AvgIpc) is 3.17. The molecular weight excluding hydrogens is 465 g/mol. The number of piperidine rings is 1. The molecule has 0 radical (unpaired) electrons. The Bertz CT molecular complexity index is 1270. The SMILES string of the molecule is Nc1nc(-c2ccc3c(c2F)CN(C2CCC(=O)NC2=O)C3=O)ccc1CN1CC2(CCCOC2)C1. The van der Waals surface area contributed by atoms with Gasteiger partial charge in [0.15, 0.2) is 0 Å². The quantitative estimate of drug-likeness (QED) is 0.624. The number of halogens is 1. The average molecular weight is 494 g/mol. The Morgan fingerprint density at radius 1 is 1.17 bits per heavy atom. The highest BCUT2D eigenvalue weighted by molar-refractivity contribution is 6.05. The van der Waals surface area contributed by atoms with E-state index in [0.717, 1.165) is 38.3 Å². The fourth-order valence-corrected chi connectivity index (χ4v) is 6.00. The smallest absolute Gasteiger partial charge is 0.255 e. The Labute approximate surface area is 207 Å². The number of anilines is 1. The molecular formula is C26H28FN5O4. The Morgan fingerprint density at radius 3 is 2.69 bits per heavy atom. The van der Waals surface area contributed by atoms with Crippen LogP contribution >= 0.6 is 0 Å². The maximum atomic E-state index is 15.6. The highest BCUT2D eigenvalue weighted by Crippen LogP contribution is 2.39. The lowest BCUT2D eigenvalue weighted by atomic mass is 9.75. The monoisotopic (exact) mass is 493 g/mol. The molecule has 3 fully saturated rings. The molecule has 4 aliphatic rings. The van der Waals surface area contributed by atoms with Crippen LogP contribution in [0.5, 0.6) is 0 Å². The number of fused-ring (bicyclic) bond motifs is 1. The van der Waals surface area contributed by atoms with Crippen LogP contribution in [-0.2, 0) is 27.4 Å². The third-order valence-electron chi connectivity index (χ3n) is 7.85. The number of hydrogen-bond donors (Lipinski definition) is 2. The van der Waals surface area contributed by atoms with Gasteiger partial charge in [-0.05, 0) is 37.5 Å². The summed E-state index contributed by atoms with van der Waals surface area (Å²) < 4.78 is 21.3. The summed E-state index contributed by atoms with van der Waals surface area (Å²) in [6.45, 7) is 4.27. The van der Waals surface area contributed by atoms with Crippen LogP contribution in [0.2, 0.25) is 0 Å². The summed E-state index contributed by atoms with van der Waals surface area (Å²) in [7, 11) is 0. The largest absolute Gasteiger partial charge is 0.383 e. The third-order valence-corrected chi connectivity index (χ3v) is 7.85. The van der Waals surface area contributed by atoms with E-state index in [1.54, 1.807) is 12.1 Å². The maximum Gasteiger partial charge on any atom is 0.255 e. The summed E-state index contributed by atoms with van der Waals surface area (Å²) in [5, 5.41) is 2.26. The van der Waals surface area contributed by atoms with Crippen LogP contribution in [0.25, 0.3) is 11.3 Å². The molecule has 6 rings (SSSR count). The van der Waals surface area contributed by atoms with Crippen molar-refractivity contribution in [3.63, 3.8) is 0 Å². The molecule has 4 aliphatic heterocycles. The highest BCUT2D eigenvalue weighted by atomic mass is 19.1. The molecule has 10 heteroatoms. The molecule has 1 atom stereocenters. The van der Waals surface area contributed by atoms with Crippen molar-refractivity contribution >= 4 is 23.5 Å². The van der Waals surface area contributed by atoms with E-state index in [9.17, 15) is 14.4 Å². The molecule has 3 saturated heterocycles. The summed E-state index contributed by atoms with van der Waals surface area (Å²) in [5.41, 5.74) is 8.54. The van der Waals surface area contributed by atoms with Crippen LogP contribution in [0.3, 0.4) is 0 Å². The zero-order valence-electron chi connectivity index (χ0n) is 19.9. The van der Waals surface area contributed by atoms with Crippen molar-refractivity contribution in [2.45, 2.75) is 44.8 Å². The summed E-state index contributed by atoms with van der Waals surface area (Å²) in [6, 6.07) is 5.95. The molecule has 3 amide bonds. The van der Waals surface area contributed by atoms with Gasteiger partial charge in [-0.1, -0.05) is 6.07 Å². The minimum atomic E-state index is -0.792. The lowest BCUT2D eigenvalue weighted by molar-refractivity contribution is -0.136. The number of nitrogen functional groups attached to an aromatic ring is 1. The molecule has 2 aromatic rings. The van der Waals surface area contributed by atoms with Crippen LogP contribution in [-0.4, -0.2) is 64.9 Å². The van der Waals surface area contributed by atoms with Crippen LogP contribution < -0.4 is 11.1 Å². The summed E-state index contributed by atoms with van der Waals surface area (Å²) >= 11 is 0. The number of likely N-dealkylation sites (tertiary alicyclic amines) is 1. The number of amides is 3. The fraction of sp³-hybridized carbons (Fsp3) is 0.462. The van der Waals surface area contributed by atoms with Gasteiger partial charge in [0.25, 0.3) is 5.91 Å². The zero-order valence-corrected chi connectivity index (χ0v) is 19.9. The minimum Gasteiger partial charge on any atom is -0.383 e. The number of hydrogen-bond acceptors (Lipinski definition) is 7. The number of nitrogens with zero attached hydrogens (tertiary/aromatic N) is 3. The molecule has 0 aliphatic carbocycles. The lowest BCUT2D eigenvalue weighted by Gasteiger charge is -2.52. The summed E-state index contributed by atoms with van der Waals surface area (Å²) in [5.74, 6) is -1.49. The maximum absolute atomic E-state index is 15.6. The van der Waals surface area contributed by atoms with Gasteiger partial charge in [-0.3, -0.25) is 24.6 Å². The van der Waals surface area contributed by atoms with E-state index in [1.165, 1.54) is 17.4 Å². The van der Waals surface area contributed by atoms with Crippen molar-refractivity contribution in [2.24, 2.45) is 5.41 Å². The first-order chi connectivity index (χ1) is 17.3. The minimum absolute atomic E-state index is 0.0336. The number of aromatic nitrogens is 1. The Hall–Kier alpha value is -3.37. The molecule has 36 heavy (non-hydrogen) atoms. The van der Waals surface area contributed by atoms with Crippen LogP contribution in [0.4, 0.5) is 10.2 Å². The number of ether oxygens (including phenoxy) is 1. The topological polar surface area (TPSA) is 118 Å². The van der Waals surface area contributed by atoms with E-state index in [4.69, 9.17) is 10.5 Å². The van der Waals surface area contributed by atoms with E-state index < -0.39 is 23.7 Å². The fourth-order valence-electron chi connectivity index (χ4n) is 6.00. The molecule has 0 bridgehead atoms. The number of carbonyl (C=O) groups is 3. The Balaban J connectivity index is 1.18. The second-order valence-corrected chi connectivity index (χ2v) is 10.4. The molecule has 188 valence electrons. The van der Waals surface area contributed by atoms with Crippen LogP contribution in [0.15, 0.2) is 24.3 Å². The number of carbonyl (C=O) groups excluding carboxylic acids is 3. The molecule has 0 saturated carbocycles. The Morgan fingerprint density at radius 2 is 1.97 bits per heavy atom. The molecule has 9 nitrogen and oxygen atoms in total. The van der Waals surface area contributed by atoms with E-state index in [1.807, 2.05) is 6.07 Å². The lowest BCUT2D eigenvalue weighted by Crippen LogP contribution is -2.59. The van der Waals surface area contributed by atoms with Gasteiger partial charge in [0.2, 0.25) is 11.8 Å². The predicted molar refractivity (Wildman–Crippen MR) is 128 cm³/mol. The van der Waals surface area contributed by atoms with Gasteiger partial charge in [0.1, 0.15) is 17.7 Å². The normalized spacial score (nSPS) is 23.5. The first-order valence-corrected chi connectivity index (χ1v) is 12.4. The number of imide groups is 1. The molecule has 1 unspecified atom stereocenters. The predicted octanol–water partition coefficient (Wildman–Crippen LogP) is 1.84. The second-order valence-electron chi connectivity index (χ2n) is 10.4. The van der Waals surface area contributed by atoms with E-state index in [2.05, 4.69) is 15.2 Å². The van der Waals surface area contributed by atoms with Crippen molar-refractivity contribution < 1.29 is 23.5 Å². The molecule has 5 heterocycles. The molecule has 1 spiro atoms. The third kappa shape index (κ3) is 3.84. The van der Waals surface area contributed by atoms with Crippen molar-refractivity contribution in [2.75, 3.05) is 32.0 Å². The second kappa shape index (κ2) is 8.63. The number of benzene rings is 1. The van der Waals surface area contributed by atoms with Crippen molar-refractivity contribution in [1.82, 2.24) is 20.1 Å².